The van der Waals surface area contributed by atoms with Crippen molar-refractivity contribution in [3.63, 3.8) is 0 Å². The third-order valence-electron chi connectivity index (χ3n) is 6.03. The highest BCUT2D eigenvalue weighted by Gasteiger charge is 2.23. The van der Waals surface area contributed by atoms with Gasteiger partial charge in [-0.1, -0.05) is 37.5 Å². The summed E-state index contributed by atoms with van der Waals surface area (Å²) in [6, 6.07) is 6.60. The first-order valence-electron chi connectivity index (χ1n) is 9.83. The van der Waals surface area contributed by atoms with E-state index in [1.807, 2.05) is 0 Å². The molecule has 2 aromatic rings. The largest absolute Gasteiger partial charge is 0.294 e. The third-order valence-corrected chi connectivity index (χ3v) is 6.03. The number of aryl methyl sites for hydroxylation is 2. The van der Waals surface area contributed by atoms with Crippen molar-refractivity contribution < 1.29 is 0 Å². The number of aromatic nitrogens is 2. The van der Waals surface area contributed by atoms with E-state index in [0.29, 0.717) is 5.92 Å². The van der Waals surface area contributed by atoms with Gasteiger partial charge >= 0.3 is 0 Å². The number of nitrogens with zero attached hydrogens (tertiary/aromatic N) is 3. The predicted octanol–water partition coefficient (Wildman–Crippen LogP) is 4.70. The van der Waals surface area contributed by atoms with E-state index in [9.17, 15) is 0 Å². The van der Waals surface area contributed by atoms with Gasteiger partial charge in [-0.25, -0.2) is 9.97 Å². The second kappa shape index (κ2) is 7.25. The van der Waals surface area contributed by atoms with E-state index in [0.717, 1.165) is 31.9 Å². The average Bonchev–Trinajstić information content (AvgIpc) is 2.65. The van der Waals surface area contributed by atoms with Crippen LogP contribution < -0.4 is 0 Å². The highest BCUT2D eigenvalue weighted by atomic mass is 15.1. The van der Waals surface area contributed by atoms with E-state index < -0.39 is 0 Å². The van der Waals surface area contributed by atoms with Crippen LogP contribution in [0.4, 0.5) is 0 Å². The van der Waals surface area contributed by atoms with Crippen molar-refractivity contribution in [1.29, 1.82) is 0 Å². The first-order chi connectivity index (χ1) is 12.2. The lowest BCUT2D eigenvalue weighted by Crippen LogP contribution is -2.31. The standard InChI is InChI=1S/C22H29N3/c1-16-7-6-8-17(2)20(16)15-25-12-11-21-19(14-25)13-23-22(24-21)18-9-4-3-5-10-18/h6-8,13,18H,3-5,9-12,14-15H2,1-2H3. The predicted molar refractivity (Wildman–Crippen MR) is 102 cm³/mol. The molecule has 3 nitrogen and oxygen atoms in total. The molecule has 0 amide bonds. The smallest absolute Gasteiger partial charge is 0.131 e. The van der Waals surface area contributed by atoms with Gasteiger partial charge in [0.25, 0.3) is 0 Å². The Bertz CT molecular complexity index is 727. The van der Waals surface area contributed by atoms with Crippen LogP contribution in [0, 0.1) is 13.8 Å². The van der Waals surface area contributed by atoms with Gasteiger partial charge < -0.3 is 0 Å². The number of hydrogen-bond acceptors (Lipinski definition) is 3. The van der Waals surface area contributed by atoms with Crippen molar-refractivity contribution in [2.45, 2.75) is 71.4 Å². The molecule has 4 rings (SSSR count). The van der Waals surface area contributed by atoms with Gasteiger partial charge in [-0.2, -0.15) is 0 Å². The Morgan fingerprint density at radius 2 is 1.84 bits per heavy atom. The van der Waals surface area contributed by atoms with Crippen LogP contribution >= 0.6 is 0 Å². The van der Waals surface area contributed by atoms with Crippen LogP contribution in [0.3, 0.4) is 0 Å². The van der Waals surface area contributed by atoms with E-state index >= 15 is 0 Å². The Balaban J connectivity index is 1.48. The van der Waals surface area contributed by atoms with E-state index in [-0.39, 0.29) is 0 Å². The Hall–Kier alpha value is -1.74. The van der Waals surface area contributed by atoms with Crippen molar-refractivity contribution in [3.05, 3.63) is 58.2 Å². The fraction of sp³-hybridized carbons (Fsp3) is 0.545. The molecule has 2 heterocycles. The van der Waals surface area contributed by atoms with Crippen LogP contribution in [0.15, 0.2) is 24.4 Å². The first-order valence-corrected chi connectivity index (χ1v) is 9.83. The third kappa shape index (κ3) is 3.62. The summed E-state index contributed by atoms with van der Waals surface area (Å²) >= 11 is 0. The summed E-state index contributed by atoms with van der Waals surface area (Å²) in [5, 5.41) is 0. The Morgan fingerprint density at radius 1 is 1.08 bits per heavy atom. The second-order valence-corrected chi connectivity index (χ2v) is 7.87. The van der Waals surface area contributed by atoms with E-state index in [2.05, 4.69) is 43.1 Å². The maximum Gasteiger partial charge on any atom is 0.131 e. The summed E-state index contributed by atoms with van der Waals surface area (Å²) < 4.78 is 0. The molecule has 2 aliphatic rings. The molecule has 132 valence electrons. The minimum atomic E-state index is 0.603. The Labute approximate surface area is 151 Å². The molecule has 0 unspecified atom stereocenters. The molecule has 25 heavy (non-hydrogen) atoms. The molecular formula is C22H29N3. The minimum Gasteiger partial charge on any atom is -0.294 e. The van der Waals surface area contributed by atoms with E-state index in [1.165, 1.54) is 60.1 Å². The second-order valence-electron chi connectivity index (χ2n) is 7.87. The molecule has 1 aromatic carbocycles. The molecule has 1 aromatic heterocycles. The zero-order chi connectivity index (χ0) is 17.2. The molecule has 1 aliphatic carbocycles. The quantitative estimate of drug-likeness (QED) is 0.814. The molecule has 1 saturated carbocycles. The molecule has 0 radical (unpaired) electrons. The molecular weight excluding hydrogens is 306 g/mol. The fourth-order valence-corrected chi connectivity index (χ4v) is 4.40. The number of hydrogen-bond donors (Lipinski definition) is 0. The van der Waals surface area contributed by atoms with Crippen molar-refractivity contribution in [3.8, 4) is 0 Å². The van der Waals surface area contributed by atoms with Gasteiger partial charge in [-0.15, -0.1) is 0 Å². The maximum atomic E-state index is 4.98. The normalized spacial score (nSPS) is 19.0. The highest BCUT2D eigenvalue weighted by molar-refractivity contribution is 5.33. The molecule has 3 heteroatoms. The zero-order valence-corrected chi connectivity index (χ0v) is 15.6. The summed E-state index contributed by atoms with van der Waals surface area (Å²) in [6.45, 7) is 7.55. The number of rotatable bonds is 3. The van der Waals surface area contributed by atoms with Crippen LogP contribution in [0.1, 0.15) is 71.8 Å². The van der Waals surface area contributed by atoms with Gasteiger partial charge in [-0.05, 0) is 43.4 Å². The topological polar surface area (TPSA) is 29.0 Å². The lowest BCUT2D eigenvalue weighted by molar-refractivity contribution is 0.241. The van der Waals surface area contributed by atoms with Gasteiger partial charge in [0.1, 0.15) is 5.82 Å². The molecule has 1 fully saturated rings. The monoisotopic (exact) mass is 335 g/mol. The van der Waals surface area contributed by atoms with Crippen molar-refractivity contribution >= 4 is 0 Å². The molecule has 0 N–H and O–H groups in total. The van der Waals surface area contributed by atoms with Crippen LogP contribution in [-0.4, -0.2) is 21.4 Å². The SMILES string of the molecule is Cc1cccc(C)c1CN1CCc2nc(C3CCCCC3)ncc2C1. The van der Waals surface area contributed by atoms with Crippen molar-refractivity contribution in [1.82, 2.24) is 14.9 Å². The number of benzene rings is 1. The summed E-state index contributed by atoms with van der Waals surface area (Å²) in [6.07, 6.45) is 9.79. The highest BCUT2D eigenvalue weighted by Crippen LogP contribution is 2.31. The Morgan fingerprint density at radius 3 is 2.60 bits per heavy atom. The molecule has 0 saturated heterocycles. The lowest BCUT2D eigenvalue weighted by atomic mass is 9.88. The zero-order valence-electron chi connectivity index (χ0n) is 15.6. The van der Waals surface area contributed by atoms with Gasteiger partial charge in [-0.3, -0.25) is 4.90 Å². The van der Waals surface area contributed by atoms with Crippen LogP contribution in [-0.2, 0) is 19.5 Å². The number of fused-ring (bicyclic) bond motifs is 1. The first kappa shape index (κ1) is 16.7. The van der Waals surface area contributed by atoms with Gasteiger partial charge in [0, 0.05) is 49.4 Å². The van der Waals surface area contributed by atoms with Gasteiger partial charge in [0.05, 0.1) is 0 Å². The molecule has 1 aliphatic heterocycles. The average molecular weight is 335 g/mol. The Kier molecular flexibility index (Phi) is 4.85. The van der Waals surface area contributed by atoms with E-state index in [1.54, 1.807) is 0 Å². The van der Waals surface area contributed by atoms with Gasteiger partial charge in [0.15, 0.2) is 0 Å². The van der Waals surface area contributed by atoms with Crippen molar-refractivity contribution in [2.75, 3.05) is 6.54 Å². The van der Waals surface area contributed by atoms with Crippen LogP contribution in [0.5, 0.6) is 0 Å². The van der Waals surface area contributed by atoms with Crippen LogP contribution in [0.2, 0.25) is 0 Å². The molecule has 0 spiro atoms. The van der Waals surface area contributed by atoms with Gasteiger partial charge in [0.2, 0.25) is 0 Å². The molecule has 0 atom stereocenters. The summed E-state index contributed by atoms with van der Waals surface area (Å²) in [5.74, 6) is 1.72. The summed E-state index contributed by atoms with van der Waals surface area (Å²) in [5.41, 5.74) is 6.90. The fourth-order valence-electron chi connectivity index (χ4n) is 4.40. The summed E-state index contributed by atoms with van der Waals surface area (Å²) in [7, 11) is 0. The minimum absolute atomic E-state index is 0.603. The lowest BCUT2D eigenvalue weighted by Gasteiger charge is -2.30. The van der Waals surface area contributed by atoms with Crippen LogP contribution in [0.25, 0.3) is 0 Å². The van der Waals surface area contributed by atoms with Crippen molar-refractivity contribution in [2.24, 2.45) is 0 Å². The molecule has 0 bridgehead atoms. The summed E-state index contributed by atoms with van der Waals surface area (Å²) in [4.78, 5) is 12.3. The maximum absolute atomic E-state index is 4.98. The van der Waals surface area contributed by atoms with E-state index in [4.69, 9.17) is 9.97 Å².